The second-order valence-electron chi connectivity index (χ2n) is 5.38. The summed E-state index contributed by atoms with van der Waals surface area (Å²) < 4.78 is 20.1. The summed E-state index contributed by atoms with van der Waals surface area (Å²) in [6.45, 7) is -0.558. The molecule has 0 aromatic heterocycles. The van der Waals surface area contributed by atoms with Gasteiger partial charge in [0.15, 0.2) is 18.1 Å². The van der Waals surface area contributed by atoms with Crippen LogP contribution in [-0.2, 0) is 9.53 Å². The van der Waals surface area contributed by atoms with Crippen molar-refractivity contribution in [3.05, 3.63) is 53.6 Å². The molecule has 0 saturated carbocycles. The van der Waals surface area contributed by atoms with Gasteiger partial charge >= 0.3 is 5.97 Å². The van der Waals surface area contributed by atoms with Crippen LogP contribution in [-0.4, -0.2) is 45.7 Å². The summed E-state index contributed by atoms with van der Waals surface area (Å²) in [4.78, 5) is 35.7. The van der Waals surface area contributed by atoms with E-state index in [1.54, 1.807) is 18.2 Å². The molecule has 2 amide bonds. The van der Waals surface area contributed by atoms with Crippen LogP contribution in [0.2, 0.25) is 0 Å². The molecule has 0 aliphatic carbocycles. The molecule has 2 aromatic rings. The molecule has 0 spiro atoms. The second-order valence-corrected chi connectivity index (χ2v) is 5.38. The lowest BCUT2D eigenvalue weighted by Crippen LogP contribution is -2.43. The maximum absolute atomic E-state index is 12.1. The maximum atomic E-state index is 12.1. The monoisotopic (exact) mass is 388 g/mol. The van der Waals surface area contributed by atoms with Gasteiger partial charge in [-0.2, -0.15) is 0 Å². The summed E-state index contributed by atoms with van der Waals surface area (Å²) in [5, 5.41) is 0. The Hall–Kier alpha value is -3.75. The Balaban J connectivity index is 1.83. The van der Waals surface area contributed by atoms with Gasteiger partial charge in [-0.15, -0.1) is 0 Å². The molecule has 28 heavy (non-hydrogen) atoms. The van der Waals surface area contributed by atoms with Gasteiger partial charge in [-0.05, 0) is 42.5 Å². The van der Waals surface area contributed by atoms with Gasteiger partial charge in [0.1, 0.15) is 5.75 Å². The maximum Gasteiger partial charge on any atom is 0.338 e. The molecule has 2 rings (SSSR count). The molecule has 0 heterocycles. The van der Waals surface area contributed by atoms with Gasteiger partial charge in [-0.1, -0.05) is 0 Å². The smallest absolute Gasteiger partial charge is 0.338 e. The van der Waals surface area contributed by atoms with Crippen LogP contribution < -0.4 is 25.1 Å². The molecule has 0 atom stereocenters. The first-order valence-corrected chi connectivity index (χ1v) is 8.11. The zero-order valence-electron chi connectivity index (χ0n) is 15.6. The van der Waals surface area contributed by atoms with Crippen molar-refractivity contribution in [1.82, 2.24) is 10.9 Å². The molecule has 0 aliphatic heterocycles. The summed E-state index contributed by atoms with van der Waals surface area (Å²) in [6, 6.07) is 10.7. The van der Waals surface area contributed by atoms with Gasteiger partial charge < -0.3 is 18.9 Å². The number of methoxy groups -OCH3 is 3. The minimum atomic E-state index is -0.698. The Morgan fingerprint density at radius 2 is 1.43 bits per heavy atom. The van der Waals surface area contributed by atoms with Crippen LogP contribution in [0.1, 0.15) is 20.7 Å². The lowest BCUT2D eigenvalue weighted by molar-refractivity contribution is -0.125. The summed E-state index contributed by atoms with van der Waals surface area (Å²) in [5.41, 5.74) is 4.90. The minimum absolute atomic E-state index is 0.244. The zero-order chi connectivity index (χ0) is 20.5. The van der Waals surface area contributed by atoms with Crippen LogP contribution >= 0.6 is 0 Å². The first-order valence-electron chi connectivity index (χ1n) is 8.11. The van der Waals surface area contributed by atoms with E-state index < -0.39 is 24.4 Å². The van der Waals surface area contributed by atoms with E-state index in [4.69, 9.17) is 18.9 Å². The van der Waals surface area contributed by atoms with Gasteiger partial charge in [0.2, 0.25) is 0 Å². The van der Waals surface area contributed by atoms with E-state index in [0.29, 0.717) is 17.2 Å². The lowest BCUT2D eigenvalue weighted by Gasteiger charge is -2.11. The fraction of sp³-hybridized carbons (Fsp3) is 0.211. The van der Waals surface area contributed by atoms with Crippen LogP contribution in [0.5, 0.6) is 17.2 Å². The molecular formula is C19H20N2O7. The predicted molar refractivity (Wildman–Crippen MR) is 98.4 cm³/mol. The Labute approximate surface area is 161 Å². The fourth-order valence-electron chi connectivity index (χ4n) is 2.15. The third-order valence-corrected chi connectivity index (χ3v) is 3.62. The van der Waals surface area contributed by atoms with Crippen molar-refractivity contribution in [2.75, 3.05) is 27.9 Å². The SMILES string of the molecule is COc1ccc(C(=O)OCC(=O)NNC(=O)c2ccc(OC)c(OC)c2)cc1. The Morgan fingerprint density at radius 3 is 2.04 bits per heavy atom. The Kier molecular flexibility index (Phi) is 7.21. The van der Waals surface area contributed by atoms with Gasteiger partial charge in [-0.3, -0.25) is 20.4 Å². The molecular weight excluding hydrogens is 368 g/mol. The average Bonchev–Trinajstić information content (AvgIpc) is 2.75. The number of hydrogen-bond donors (Lipinski definition) is 2. The van der Waals surface area contributed by atoms with Crippen LogP contribution in [0.3, 0.4) is 0 Å². The molecule has 0 saturated heterocycles. The van der Waals surface area contributed by atoms with E-state index in [1.807, 2.05) is 0 Å². The van der Waals surface area contributed by atoms with Gasteiger partial charge in [0.05, 0.1) is 26.9 Å². The van der Waals surface area contributed by atoms with Crippen molar-refractivity contribution in [2.24, 2.45) is 0 Å². The van der Waals surface area contributed by atoms with E-state index >= 15 is 0 Å². The van der Waals surface area contributed by atoms with E-state index in [9.17, 15) is 14.4 Å². The summed E-state index contributed by atoms with van der Waals surface area (Å²) in [5.74, 6) is -0.522. The molecule has 9 heteroatoms. The van der Waals surface area contributed by atoms with Crippen molar-refractivity contribution in [3.8, 4) is 17.2 Å². The Morgan fingerprint density at radius 1 is 0.786 bits per heavy atom. The number of carbonyl (C=O) groups is 3. The van der Waals surface area contributed by atoms with E-state index in [1.165, 1.54) is 45.6 Å². The largest absolute Gasteiger partial charge is 0.497 e. The average molecular weight is 388 g/mol. The molecule has 9 nitrogen and oxygen atoms in total. The predicted octanol–water partition coefficient (Wildman–Crippen LogP) is 1.33. The number of ether oxygens (including phenoxy) is 4. The van der Waals surface area contributed by atoms with Crippen LogP contribution in [0.4, 0.5) is 0 Å². The third-order valence-electron chi connectivity index (χ3n) is 3.62. The number of benzene rings is 2. The lowest BCUT2D eigenvalue weighted by atomic mass is 10.2. The first-order chi connectivity index (χ1) is 13.5. The van der Waals surface area contributed by atoms with Crippen molar-refractivity contribution < 1.29 is 33.3 Å². The highest BCUT2D eigenvalue weighted by atomic mass is 16.5. The highest BCUT2D eigenvalue weighted by molar-refractivity contribution is 5.96. The highest BCUT2D eigenvalue weighted by Gasteiger charge is 2.13. The molecule has 2 N–H and O–H groups in total. The Bertz CT molecular complexity index is 850. The van der Waals surface area contributed by atoms with Crippen molar-refractivity contribution >= 4 is 17.8 Å². The van der Waals surface area contributed by atoms with E-state index in [-0.39, 0.29) is 11.1 Å². The van der Waals surface area contributed by atoms with E-state index in [0.717, 1.165) is 0 Å². The minimum Gasteiger partial charge on any atom is -0.497 e. The fourth-order valence-corrected chi connectivity index (χ4v) is 2.15. The number of amides is 2. The molecule has 0 radical (unpaired) electrons. The quantitative estimate of drug-likeness (QED) is 0.544. The third kappa shape index (κ3) is 5.37. The number of hydrogen-bond acceptors (Lipinski definition) is 7. The molecule has 148 valence electrons. The van der Waals surface area contributed by atoms with Crippen molar-refractivity contribution in [1.29, 1.82) is 0 Å². The number of esters is 1. The topological polar surface area (TPSA) is 112 Å². The van der Waals surface area contributed by atoms with Gasteiger partial charge in [-0.25, -0.2) is 4.79 Å². The van der Waals surface area contributed by atoms with Gasteiger partial charge in [0, 0.05) is 5.56 Å². The highest BCUT2D eigenvalue weighted by Crippen LogP contribution is 2.27. The standard InChI is InChI=1S/C19H20N2O7/c1-25-14-7-4-12(5-8-14)19(24)28-11-17(22)20-21-18(23)13-6-9-15(26-2)16(10-13)27-3/h4-10H,11H2,1-3H3,(H,20,22)(H,21,23). The van der Waals surface area contributed by atoms with Crippen molar-refractivity contribution in [2.45, 2.75) is 0 Å². The molecule has 0 fully saturated rings. The molecule has 0 unspecified atom stereocenters. The second kappa shape index (κ2) is 9.81. The first kappa shape index (κ1) is 20.6. The molecule has 2 aromatic carbocycles. The van der Waals surface area contributed by atoms with Crippen LogP contribution in [0, 0.1) is 0 Å². The van der Waals surface area contributed by atoms with E-state index in [2.05, 4.69) is 10.9 Å². The number of hydrazine groups is 1. The summed E-state index contributed by atoms with van der Waals surface area (Å²) >= 11 is 0. The van der Waals surface area contributed by atoms with Crippen molar-refractivity contribution in [3.63, 3.8) is 0 Å². The summed E-state index contributed by atoms with van der Waals surface area (Å²) in [6.07, 6.45) is 0. The molecule has 0 aliphatic rings. The van der Waals surface area contributed by atoms with Crippen LogP contribution in [0.25, 0.3) is 0 Å². The number of nitrogens with one attached hydrogen (secondary N) is 2. The van der Waals surface area contributed by atoms with Gasteiger partial charge in [0.25, 0.3) is 11.8 Å². The number of carbonyl (C=O) groups excluding carboxylic acids is 3. The summed E-state index contributed by atoms with van der Waals surface area (Å²) in [7, 11) is 4.43. The molecule has 0 bridgehead atoms. The normalized spacial score (nSPS) is 9.82. The zero-order valence-corrected chi connectivity index (χ0v) is 15.6. The van der Waals surface area contributed by atoms with Crippen LogP contribution in [0.15, 0.2) is 42.5 Å². The number of rotatable bonds is 7.